The van der Waals surface area contributed by atoms with Gasteiger partial charge in [-0.3, -0.25) is 4.79 Å². The van der Waals surface area contributed by atoms with Crippen molar-refractivity contribution in [2.24, 2.45) is 11.8 Å². The van der Waals surface area contributed by atoms with Crippen LogP contribution >= 0.6 is 11.8 Å². The van der Waals surface area contributed by atoms with Gasteiger partial charge in [-0.05, 0) is 60.1 Å². The Labute approximate surface area is 164 Å². The summed E-state index contributed by atoms with van der Waals surface area (Å²) >= 11 is 1.43. The fourth-order valence-corrected chi connectivity index (χ4v) is 5.37. The van der Waals surface area contributed by atoms with Gasteiger partial charge in [-0.2, -0.15) is 4.68 Å². The van der Waals surface area contributed by atoms with Crippen molar-refractivity contribution < 1.29 is 4.79 Å². The first-order chi connectivity index (χ1) is 13.1. The summed E-state index contributed by atoms with van der Waals surface area (Å²) in [5, 5.41) is 12.8. The number of carbonyl (C=O) groups excluding carboxylic acids is 1. The lowest BCUT2D eigenvalue weighted by Gasteiger charge is -2.41. The Morgan fingerprint density at radius 1 is 1.15 bits per heavy atom. The Hall–Kier alpha value is -1.89. The number of amides is 1. The topological polar surface area (TPSA) is 63.9 Å². The number of benzene rings is 1. The summed E-state index contributed by atoms with van der Waals surface area (Å²) in [6.45, 7) is 5.95. The highest BCUT2D eigenvalue weighted by Gasteiger charge is 2.32. The number of likely N-dealkylation sites (tertiary alicyclic amines) is 1. The van der Waals surface area contributed by atoms with Crippen LogP contribution in [-0.4, -0.2) is 49.9 Å². The molecule has 1 aliphatic carbocycles. The zero-order valence-corrected chi connectivity index (χ0v) is 16.9. The van der Waals surface area contributed by atoms with Gasteiger partial charge in [0.2, 0.25) is 11.1 Å². The van der Waals surface area contributed by atoms with Crippen LogP contribution < -0.4 is 0 Å². The predicted octanol–water partition coefficient (Wildman–Crippen LogP) is 3.41. The maximum atomic E-state index is 12.8. The summed E-state index contributed by atoms with van der Waals surface area (Å²) in [6, 6.07) is 6.14. The smallest absolute Gasteiger partial charge is 0.233 e. The first-order valence-corrected chi connectivity index (χ1v) is 10.9. The summed E-state index contributed by atoms with van der Waals surface area (Å²) < 4.78 is 1.76. The number of aromatic nitrogens is 4. The van der Waals surface area contributed by atoms with E-state index in [2.05, 4.69) is 46.4 Å². The van der Waals surface area contributed by atoms with Crippen molar-refractivity contribution in [3.05, 3.63) is 29.3 Å². The highest BCUT2D eigenvalue weighted by Crippen LogP contribution is 2.36. The molecular formula is C20H27N5OS. The van der Waals surface area contributed by atoms with Crippen LogP contribution in [-0.2, 0) is 4.79 Å². The van der Waals surface area contributed by atoms with E-state index in [1.807, 2.05) is 6.07 Å². The largest absolute Gasteiger partial charge is 0.342 e. The van der Waals surface area contributed by atoms with Crippen LogP contribution in [0.3, 0.4) is 0 Å². The molecule has 1 saturated heterocycles. The molecule has 1 amide bonds. The van der Waals surface area contributed by atoms with Crippen molar-refractivity contribution in [2.75, 3.05) is 18.8 Å². The molecule has 2 aromatic rings. The number of tetrazole rings is 1. The van der Waals surface area contributed by atoms with Crippen molar-refractivity contribution in [1.29, 1.82) is 0 Å². The molecule has 0 radical (unpaired) electrons. The Balaban J connectivity index is 1.41. The number of aryl methyl sites for hydroxylation is 2. The standard InChI is InChI=1S/C20H27N5OS/c1-14-6-5-7-15(2)19(14)25-20(21-22-23-25)27-13-18(26)24-11-10-16-8-3-4-9-17(16)12-24/h5-7,16-17H,3-4,8-13H2,1-2H3/t16-,17-/m0/s1. The molecule has 0 N–H and O–H groups in total. The highest BCUT2D eigenvalue weighted by molar-refractivity contribution is 7.99. The van der Waals surface area contributed by atoms with Gasteiger partial charge < -0.3 is 4.90 Å². The van der Waals surface area contributed by atoms with Gasteiger partial charge in [-0.15, -0.1) is 5.10 Å². The third-order valence-electron chi connectivity index (χ3n) is 6.06. The molecule has 1 aromatic carbocycles. The summed E-state index contributed by atoms with van der Waals surface area (Å²) in [4.78, 5) is 14.8. The lowest BCUT2D eigenvalue weighted by atomic mass is 9.75. The molecule has 0 spiro atoms. The van der Waals surface area contributed by atoms with Crippen LogP contribution in [0.5, 0.6) is 0 Å². The van der Waals surface area contributed by atoms with Crippen LogP contribution in [0, 0.1) is 25.7 Å². The van der Waals surface area contributed by atoms with Crippen molar-refractivity contribution in [3.63, 3.8) is 0 Å². The van der Waals surface area contributed by atoms with Gasteiger partial charge in [0, 0.05) is 13.1 Å². The first-order valence-electron chi connectivity index (χ1n) is 9.89. The lowest BCUT2D eigenvalue weighted by Crippen LogP contribution is -2.45. The number of piperidine rings is 1. The van der Waals surface area contributed by atoms with E-state index in [4.69, 9.17) is 0 Å². The fraction of sp³-hybridized carbons (Fsp3) is 0.600. The average molecular weight is 386 g/mol. The monoisotopic (exact) mass is 385 g/mol. The average Bonchev–Trinajstić information content (AvgIpc) is 3.13. The number of para-hydroxylation sites is 1. The van der Waals surface area contributed by atoms with Crippen LogP contribution in [0.15, 0.2) is 23.4 Å². The van der Waals surface area contributed by atoms with E-state index >= 15 is 0 Å². The molecule has 0 bridgehead atoms. The highest BCUT2D eigenvalue weighted by atomic mass is 32.2. The normalized spacial score (nSPS) is 22.5. The Kier molecular flexibility index (Phi) is 5.48. The minimum Gasteiger partial charge on any atom is -0.342 e. The Morgan fingerprint density at radius 2 is 1.89 bits per heavy atom. The number of rotatable bonds is 4. The maximum absolute atomic E-state index is 12.8. The van der Waals surface area contributed by atoms with Gasteiger partial charge in [-0.25, -0.2) is 0 Å². The number of hydrogen-bond acceptors (Lipinski definition) is 5. The molecule has 7 heteroatoms. The van der Waals surface area contributed by atoms with Crippen molar-refractivity contribution in [3.8, 4) is 5.69 Å². The van der Waals surface area contributed by atoms with Crippen LogP contribution in [0.2, 0.25) is 0 Å². The summed E-state index contributed by atoms with van der Waals surface area (Å²) in [6.07, 6.45) is 6.49. The number of carbonyl (C=O) groups is 1. The van der Waals surface area contributed by atoms with Gasteiger partial charge in [0.15, 0.2) is 0 Å². The molecular weight excluding hydrogens is 358 g/mol. The molecule has 0 unspecified atom stereocenters. The van der Waals surface area contributed by atoms with E-state index in [1.54, 1.807) is 4.68 Å². The minimum atomic E-state index is 0.208. The Morgan fingerprint density at radius 3 is 2.67 bits per heavy atom. The summed E-state index contributed by atoms with van der Waals surface area (Å²) in [7, 11) is 0. The molecule has 27 heavy (non-hydrogen) atoms. The predicted molar refractivity (Wildman–Crippen MR) is 106 cm³/mol. The number of hydrogen-bond donors (Lipinski definition) is 0. The molecule has 6 nitrogen and oxygen atoms in total. The Bertz CT molecular complexity index is 800. The minimum absolute atomic E-state index is 0.208. The summed E-state index contributed by atoms with van der Waals surface area (Å²) in [5.41, 5.74) is 3.24. The molecule has 2 fully saturated rings. The van der Waals surface area contributed by atoms with E-state index in [9.17, 15) is 4.79 Å². The van der Waals surface area contributed by atoms with Crippen molar-refractivity contribution in [2.45, 2.75) is 51.1 Å². The van der Waals surface area contributed by atoms with Crippen molar-refractivity contribution in [1.82, 2.24) is 25.1 Å². The third kappa shape index (κ3) is 3.88. The molecule has 2 atom stereocenters. The fourth-order valence-electron chi connectivity index (χ4n) is 4.59. The second kappa shape index (κ2) is 8.00. The second-order valence-electron chi connectivity index (χ2n) is 7.84. The molecule has 2 heterocycles. The molecule has 4 rings (SSSR count). The van der Waals surface area contributed by atoms with E-state index in [-0.39, 0.29) is 5.91 Å². The van der Waals surface area contributed by atoms with E-state index in [0.29, 0.717) is 16.8 Å². The molecule has 144 valence electrons. The van der Waals surface area contributed by atoms with Crippen LogP contribution in [0.4, 0.5) is 0 Å². The number of fused-ring (bicyclic) bond motifs is 1. The maximum Gasteiger partial charge on any atom is 0.233 e. The third-order valence-corrected chi connectivity index (χ3v) is 6.96. The second-order valence-corrected chi connectivity index (χ2v) is 8.78. The van der Waals surface area contributed by atoms with Gasteiger partial charge in [0.25, 0.3) is 0 Å². The summed E-state index contributed by atoms with van der Waals surface area (Å²) in [5.74, 6) is 2.15. The zero-order valence-electron chi connectivity index (χ0n) is 16.1. The van der Waals surface area contributed by atoms with E-state index < -0.39 is 0 Å². The van der Waals surface area contributed by atoms with E-state index in [1.165, 1.54) is 43.9 Å². The van der Waals surface area contributed by atoms with Gasteiger partial charge in [-0.1, -0.05) is 49.2 Å². The van der Waals surface area contributed by atoms with Crippen molar-refractivity contribution >= 4 is 17.7 Å². The van der Waals surface area contributed by atoms with E-state index in [0.717, 1.165) is 35.8 Å². The van der Waals surface area contributed by atoms with Crippen LogP contribution in [0.25, 0.3) is 5.69 Å². The quantitative estimate of drug-likeness (QED) is 0.755. The van der Waals surface area contributed by atoms with Crippen LogP contribution in [0.1, 0.15) is 43.2 Å². The van der Waals surface area contributed by atoms with Gasteiger partial charge >= 0.3 is 0 Å². The molecule has 1 saturated carbocycles. The molecule has 1 aliphatic heterocycles. The van der Waals surface area contributed by atoms with Gasteiger partial charge in [0.05, 0.1) is 11.4 Å². The zero-order chi connectivity index (χ0) is 18.8. The molecule has 2 aliphatic rings. The molecule has 1 aromatic heterocycles. The number of thioether (sulfide) groups is 1. The lowest BCUT2D eigenvalue weighted by molar-refractivity contribution is -0.131. The first kappa shape index (κ1) is 18.5. The SMILES string of the molecule is Cc1cccc(C)c1-n1nnnc1SCC(=O)N1CC[C@@H]2CCCC[C@H]2C1. The van der Waals surface area contributed by atoms with Gasteiger partial charge in [0.1, 0.15) is 0 Å². The number of nitrogens with zero attached hydrogens (tertiary/aromatic N) is 5.